The van der Waals surface area contributed by atoms with E-state index in [1.165, 1.54) is 23.8 Å². The first-order valence-electron chi connectivity index (χ1n) is 23.6. The van der Waals surface area contributed by atoms with Crippen LogP contribution in [0.2, 0.25) is 19.6 Å². The molecule has 9 rings (SSSR count). The van der Waals surface area contributed by atoms with Crippen molar-refractivity contribution in [2.75, 3.05) is 0 Å². The Labute approximate surface area is 383 Å². The number of para-hydroxylation sites is 2. The number of aromatic nitrogens is 4. The van der Waals surface area contributed by atoms with Crippen molar-refractivity contribution < 1.29 is 38.5 Å². The minimum Gasteiger partial charge on any atom is -0.486 e. The molecule has 0 unspecified atom stereocenters. The van der Waals surface area contributed by atoms with Crippen LogP contribution in [0.4, 0.5) is 4.39 Å². The molecule has 0 aliphatic heterocycles. The summed E-state index contributed by atoms with van der Waals surface area (Å²) in [5, 5.41) is 2.71. The Hall–Kier alpha value is -5.53. The predicted molar refractivity (Wildman–Crippen MR) is 249 cm³/mol. The van der Waals surface area contributed by atoms with E-state index in [0.717, 1.165) is 55.2 Å². The molecule has 0 N–H and O–H groups in total. The molecule has 5 nitrogen and oxygen atoms in total. The number of benzene rings is 5. The molecule has 9 aromatic rings. The molecule has 4 heterocycles. The van der Waals surface area contributed by atoms with Crippen molar-refractivity contribution in [3.8, 4) is 39.5 Å². The van der Waals surface area contributed by atoms with Crippen LogP contribution in [-0.4, -0.2) is 27.6 Å². The van der Waals surface area contributed by atoms with Crippen LogP contribution >= 0.6 is 0 Å². The molecule has 0 fully saturated rings. The molecule has 5 aromatic carbocycles. The first-order valence-corrected chi connectivity index (χ1v) is 23.6. The molecule has 1 radical (unpaired) electrons. The largest absolute Gasteiger partial charge is 0.486 e. The standard InChI is InChI=1S/C34H25FN3O.C19H26NSi.Ir/c1-34(2,3)22-13-17-24(18-14-22)38-29-10-5-4-9-28(29)37-32(38)27-8-6-7-26-30-25(21-11-15-23(35)16-12-21)19-20-36-33(30)39-31(26)27;1-14(2)11-17-12-18(16-9-7-15(3)8-10-16)20-13-19(17)21(4,5)6;/h4-7,9-20H,1-3H3;7-9,12-14H,11H2,1-6H3;/q2*-1;/i;3D3,7D,8D,11D2;. The third-order valence-electron chi connectivity index (χ3n) is 10.4. The maximum atomic E-state index is 13.7. The summed E-state index contributed by atoms with van der Waals surface area (Å²) in [6.07, 6.45) is 1.84. The number of hydrogen-bond donors (Lipinski definition) is 0. The molecule has 0 aliphatic rings. The third kappa shape index (κ3) is 9.08. The molecule has 0 saturated heterocycles. The Bertz CT molecular complexity index is 3280. The van der Waals surface area contributed by atoms with Crippen molar-refractivity contribution in [3.05, 3.63) is 162 Å². The van der Waals surface area contributed by atoms with Crippen LogP contribution < -0.4 is 5.19 Å². The molecule has 0 saturated carbocycles. The van der Waals surface area contributed by atoms with E-state index < -0.39 is 21.3 Å². The van der Waals surface area contributed by atoms with Gasteiger partial charge in [0, 0.05) is 53.2 Å². The third-order valence-corrected chi connectivity index (χ3v) is 12.4. The summed E-state index contributed by atoms with van der Waals surface area (Å²) in [7, 11) is -1.87. The first-order chi connectivity index (χ1) is 31.4. The van der Waals surface area contributed by atoms with E-state index in [-0.39, 0.29) is 54.9 Å². The number of halogens is 1. The zero-order chi connectivity index (χ0) is 48.4. The summed E-state index contributed by atoms with van der Waals surface area (Å²) in [6.45, 7) is 14.1. The average Bonchev–Trinajstić information content (AvgIpc) is 3.84. The molecule has 0 bridgehead atoms. The van der Waals surface area contributed by atoms with Gasteiger partial charge in [-0.1, -0.05) is 120 Å². The molecule has 0 atom stereocenters. The van der Waals surface area contributed by atoms with Crippen molar-refractivity contribution >= 4 is 46.4 Å². The van der Waals surface area contributed by atoms with Gasteiger partial charge in [0.15, 0.2) is 0 Å². The van der Waals surface area contributed by atoms with E-state index in [9.17, 15) is 4.39 Å². The Kier molecular flexibility index (Phi) is 10.0. The van der Waals surface area contributed by atoms with Crippen LogP contribution in [0.5, 0.6) is 0 Å². The van der Waals surface area contributed by atoms with Crippen molar-refractivity contribution in [2.45, 2.75) is 72.9 Å². The van der Waals surface area contributed by atoms with Gasteiger partial charge in [-0.25, -0.2) is 9.37 Å². The van der Waals surface area contributed by atoms with Gasteiger partial charge < -0.3 is 14.0 Å². The summed E-state index contributed by atoms with van der Waals surface area (Å²) >= 11 is 0. The fourth-order valence-electron chi connectivity index (χ4n) is 7.38. The van der Waals surface area contributed by atoms with Gasteiger partial charge in [-0.15, -0.1) is 53.5 Å². The number of fused-ring (bicyclic) bond motifs is 4. The molecular formula is C53H51FIrN4OSi-2. The second-order valence-corrected chi connectivity index (χ2v) is 22.3. The van der Waals surface area contributed by atoms with Gasteiger partial charge in [-0.3, -0.25) is 4.98 Å². The van der Waals surface area contributed by atoms with Crippen LogP contribution in [0.25, 0.3) is 72.6 Å². The Morgan fingerprint density at radius 1 is 0.934 bits per heavy atom. The van der Waals surface area contributed by atoms with E-state index in [2.05, 4.69) is 97.4 Å². The van der Waals surface area contributed by atoms with E-state index in [4.69, 9.17) is 19.0 Å². The predicted octanol–water partition coefficient (Wildman–Crippen LogP) is 13.5. The zero-order valence-electron chi connectivity index (χ0n) is 42.5. The Morgan fingerprint density at radius 3 is 2.38 bits per heavy atom. The van der Waals surface area contributed by atoms with Crippen LogP contribution in [0.15, 0.2) is 132 Å². The number of rotatable bonds is 7. The fourth-order valence-corrected chi connectivity index (χ4v) is 8.78. The molecule has 61 heavy (non-hydrogen) atoms. The van der Waals surface area contributed by atoms with Gasteiger partial charge in [0.2, 0.25) is 5.71 Å². The van der Waals surface area contributed by atoms with Crippen molar-refractivity contribution in [3.63, 3.8) is 0 Å². The van der Waals surface area contributed by atoms with Crippen molar-refractivity contribution in [1.29, 1.82) is 0 Å². The van der Waals surface area contributed by atoms with Crippen LogP contribution in [0.3, 0.4) is 0 Å². The van der Waals surface area contributed by atoms with Crippen LogP contribution in [-0.2, 0) is 31.9 Å². The maximum Gasteiger partial charge on any atom is 0.216 e. The summed E-state index contributed by atoms with van der Waals surface area (Å²) in [4.78, 5) is 14.0. The van der Waals surface area contributed by atoms with Crippen LogP contribution in [0.1, 0.15) is 60.9 Å². The minimum atomic E-state index is -2.56. The number of hydrogen-bond acceptors (Lipinski definition) is 4. The molecule has 0 amide bonds. The summed E-state index contributed by atoms with van der Waals surface area (Å²) < 4.78 is 78.0. The Balaban J connectivity index is 0.000000211. The average molecular weight is 1010 g/mol. The van der Waals surface area contributed by atoms with Crippen molar-refractivity contribution in [2.24, 2.45) is 5.92 Å². The van der Waals surface area contributed by atoms with Gasteiger partial charge in [0.05, 0.1) is 30.5 Å². The SMILES string of the molecule is CC(C)(C)c1ccc(-n2c(-c3[c-]ccc4c3oc3nccc(-c5ccc(F)cc5)c34)nc3ccccc32)cc1.[2H]c1[c-]c(-c2cc(C([2H])([2H])C(C)C)c([Si](C)(C)C)cn2)cc([2H])c1C([2H])([2H])[2H].[Ir]. The molecule has 4 aromatic heterocycles. The van der Waals surface area contributed by atoms with E-state index in [0.29, 0.717) is 28.1 Å². The smallest absolute Gasteiger partial charge is 0.216 e. The molecule has 8 heteroatoms. The van der Waals surface area contributed by atoms with Gasteiger partial charge in [0.25, 0.3) is 0 Å². The second-order valence-electron chi connectivity index (χ2n) is 17.3. The Morgan fingerprint density at radius 2 is 1.69 bits per heavy atom. The van der Waals surface area contributed by atoms with Gasteiger partial charge in [-0.2, -0.15) is 0 Å². The summed E-state index contributed by atoms with van der Waals surface area (Å²) in [6, 6.07) is 37.6. The van der Waals surface area contributed by atoms with Gasteiger partial charge in [-0.05, 0) is 87.7 Å². The van der Waals surface area contributed by atoms with Gasteiger partial charge in [0.1, 0.15) is 5.82 Å². The molecule has 0 spiro atoms. The monoisotopic (exact) mass is 1010 g/mol. The number of pyridine rings is 2. The number of imidazole rings is 1. The fraction of sp³-hybridized carbons (Fsp3) is 0.226. The molecule has 0 aliphatic carbocycles. The number of nitrogens with zero attached hydrogens (tertiary/aromatic N) is 4. The van der Waals surface area contributed by atoms with E-state index in [1.54, 1.807) is 30.6 Å². The molecular weight excluding hydrogens is 948 g/mol. The van der Waals surface area contributed by atoms with Gasteiger partial charge >= 0.3 is 0 Å². The summed E-state index contributed by atoms with van der Waals surface area (Å²) in [5.74, 6) is 0.221. The van der Waals surface area contributed by atoms with Crippen molar-refractivity contribution in [1.82, 2.24) is 19.5 Å². The summed E-state index contributed by atoms with van der Waals surface area (Å²) in [5.41, 5.74) is 8.93. The second kappa shape index (κ2) is 17.4. The normalized spacial score (nSPS) is 14.0. The maximum absolute atomic E-state index is 13.7. The first kappa shape index (κ1) is 35.1. The quantitative estimate of drug-likeness (QED) is 0.118. The topological polar surface area (TPSA) is 56.7 Å². The zero-order valence-corrected chi connectivity index (χ0v) is 38.9. The minimum absolute atomic E-state index is 0. The van der Waals surface area contributed by atoms with E-state index in [1.807, 2.05) is 50.2 Å². The molecule has 311 valence electrons. The van der Waals surface area contributed by atoms with Crippen LogP contribution in [0, 0.1) is 30.7 Å². The van der Waals surface area contributed by atoms with E-state index >= 15 is 0 Å². The number of furan rings is 1.